The smallest absolute Gasteiger partial charge is 0.244 e. The Morgan fingerprint density at radius 3 is 2.21 bits per heavy atom. The SMILES string of the molecule is CCC(C(=O)NCC(C)C)N(Cc1ccccc1)C(=O)CN(c1cccc(C)c1C)S(C)(=O)=O. The van der Waals surface area contributed by atoms with E-state index in [9.17, 15) is 18.0 Å². The zero-order chi connectivity index (χ0) is 25.5. The Morgan fingerprint density at radius 2 is 1.65 bits per heavy atom. The predicted octanol–water partition coefficient (Wildman–Crippen LogP) is 3.65. The molecule has 1 unspecified atom stereocenters. The summed E-state index contributed by atoms with van der Waals surface area (Å²) in [5, 5.41) is 2.92. The lowest BCUT2D eigenvalue weighted by atomic mass is 10.1. The van der Waals surface area contributed by atoms with Crippen LogP contribution in [-0.4, -0.2) is 50.5 Å². The van der Waals surface area contributed by atoms with Gasteiger partial charge in [0.05, 0.1) is 11.9 Å². The molecule has 2 rings (SSSR count). The van der Waals surface area contributed by atoms with E-state index in [-0.39, 0.29) is 24.9 Å². The first-order valence-electron chi connectivity index (χ1n) is 11.6. The lowest BCUT2D eigenvalue weighted by molar-refractivity contribution is -0.140. The zero-order valence-electron chi connectivity index (χ0n) is 21.0. The number of carbonyl (C=O) groups is 2. The highest BCUT2D eigenvalue weighted by Crippen LogP contribution is 2.25. The van der Waals surface area contributed by atoms with Crippen molar-refractivity contribution < 1.29 is 18.0 Å². The molecule has 0 aliphatic heterocycles. The van der Waals surface area contributed by atoms with Crippen molar-refractivity contribution >= 4 is 27.5 Å². The number of nitrogens with zero attached hydrogens (tertiary/aromatic N) is 2. The average Bonchev–Trinajstić information content (AvgIpc) is 2.77. The van der Waals surface area contributed by atoms with Gasteiger partial charge in [0.15, 0.2) is 0 Å². The summed E-state index contributed by atoms with van der Waals surface area (Å²) in [5.74, 6) is -0.399. The summed E-state index contributed by atoms with van der Waals surface area (Å²) in [4.78, 5) is 28.2. The van der Waals surface area contributed by atoms with Gasteiger partial charge in [-0.1, -0.05) is 63.2 Å². The number of hydrogen-bond acceptors (Lipinski definition) is 4. The van der Waals surface area contributed by atoms with Crippen LogP contribution in [0.25, 0.3) is 0 Å². The molecule has 186 valence electrons. The molecule has 8 heteroatoms. The highest BCUT2D eigenvalue weighted by Gasteiger charge is 2.32. The molecule has 0 saturated heterocycles. The minimum absolute atomic E-state index is 0.206. The van der Waals surface area contributed by atoms with Crippen LogP contribution in [0.15, 0.2) is 48.5 Å². The van der Waals surface area contributed by atoms with Crippen molar-refractivity contribution in [2.24, 2.45) is 5.92 Å². The topological polar surface area (TPSA) is 86.8 Å². The Kier molecular flexibility index (Phi) is 9.67. The Bertz CT molecular complexity index is 1080. The van der Waals surface area contributed by atoms with Crippen LogP contribution in [0.3, 0.4) is 0 Å². The van der Waals surface area contributed by atoms with Gasteiger partial charge in [0.2, 0.25) is 21.8 Å². The maximum absolute atomic E-state index is 13.7. The summed E-state index contributed by atoms with van der Waals surface area (Å²) in [5.41, 5.74) is 3.05. The number of amides is 2. The molecular weight excluding hydrogens is 450 g/mol. The molecule has 0 bridgehead atoms. The zero-order valence-corrected chi connectivity index (χ0v) is 21.9. The van der Waals surface area contributed by atoms with Crippen LogP contribution >= 0.6 is 0 Å². The van der Waals surface area contributed by atoms with Gasteiger partial charge < -0.3 is 10.2 Å². The summed E-state index contributed by atoms with van der Waals surface area (Å²) in [7, 11) is -3.75. The monoisotopic (exact) mass is 487 g/mol. The van der Waals surface area contributed by atoms with E-state index in [1.165, 1.54) is 4.90 Å². The van der Waals surface area contributed by atoms with Crippen LogP contribution < -0.4 is 9.62 Å². The minimum Gasteiger partial charge on any atom is -0.354 e. The van der Waals surface area contributed by atoms with E-state index in [1.54, 1.807) is 12.1 Å². The number of hydrogen-bond donors (Lipinski definition) is 1. The summed E-state index contributed by atoms with van der Waals surface area (Å²) in [6.45, 7) is 9.91. The maximum atomic E-state index is 13.7. The van der Waals surface area contributed by atoms with Crippen LogP contribution in [-0.2, 0) is 26.2 Å². The third kappa shape index (κ3) is 7.32. The molecular formula is C26H37N3O4S. The Hall–Kier alpha value is -2.87. The largest absolute Gasteiger partial charge is 0.354 e. The van der Waals surface area contributed by atoms with Crippen molar-refractivity contribution in [1.82, 2.24) is 10.2 Å². The first-order valence-corrected chi connectivity index (χ1v) is 13.5. The fourth-order valence-electron chi connectivity index (χ4n) is 3.72. The quantitative estimate of drug-likeness (QED) is 0.524. The van der Waals surface area contributed by atoms with Crippen LogP contribution in [0.5, 0.6) is 0 Å². The molecule has 34 heavy (non-hydrogen) atoms. The molecule has 1 atom stereocenters. The van der Waals surface area contributed by atoms with Crippen molar-refractivity contribution in [3.63, 3.8) is 0 Å². The molecule has 0 fully saturated rings. The summed E-state index contributed by atoms with van der Waals surface area (Å²) in [6, 6.07) is 14.1. The number of carbonyl (C=O) groups excluding carboxylic acids is 2. The van der Waals surface area contributed by atoms with Gasteiger partial charge >= 0.3 is 0 Å². The molecule has 0 aliphatic carbocycles. The van der Waals surface area contributed by atoms with Gasteiger partial charge in [-0.2, -0.15) is 0 Å². The second-order valence-corrected chi connectivity index (χ2v) is 11.0. The third-order valence-electron chi connectivity index (χ3n) is 5.79. The summed E-state index contributed by atoms with van der Waals surface area (Å²) >= 11 is 0. The van der Waals surface area contributed by atoms with Crippen molar-refractivity contribution in [2.45, 2.75) is 53.6 Å². The van der Waals surface area contributed by atoms with Gasteiger partial charge in [-0.05, 0) is 48.9 Å². The molecule has 0 heterocycles. The fourth-order valence-corrected chi connectivity index (χ4v) is 4.62. The van der Waals surface area contributed by atoms with Gasteiger partial charge in [-0.3, -0.25) is 13.9 Å². The van der Waals surface area contributed by atoms with Crippen molar-refractivity contribution in [1.29, 1.82) is 0 Å². The van der Waals surface area contributed by atoms with Gasteiger partial charge in [-0.25, -0.2) is 8.42 Å². The number of anilines is 1. The van der Waals surface area contributed by atoms with E-state index in [0.717, 1.165) is 27.3 Å². The van der Waals surface area contributed by atoms with Crippen molar-refractivity contribution in [3.05, 3.63) is 65.2 Å². The summed E-state index contributed by atoms with van der Waals surface area (Å²) < 4.78 is 26.6. The lowest BCUT2D eigenvalue weighted by Crippen LogP contribution is -2.52. The average molecular weight is 488 g/mol. The molecule has 2 amide bonds. The highest BCUT2D eigenvalue weighted by molar-refractivity contribution is 7.92. The molecule has 0 radical (unpaired) electrons. The second kappa shape index (κ2) is 12.0. The van der Waals surface area contributed by atoms with Crippen LogP contribution in [0.1, 0.15) is 43.9 Å². The predicted molar refractivity (Wildman–Crippen MR) is 137 cm³/mol. The Balaban J connectivity index is 2.44. The first kappa shape index (κ1) is 27.4. The third-order valence-corrected chi connectivity index (χ3v) is 6.92. The lowest BCUT2D eigenvalue weighted by Gasteiger charge is -2.33. The standard InChI is InChI=1S/C26H37N3O4S/c1-7-23(26(31)27-16-19(2)3)28(17-22-13-9-8-10-14-22)25(30)18-29(34(6,32)33)24-15-11-12-20(4)21(24)5/h8-15,19,23H,7,16-18H2,1-6H3,(H,27,31). The van der Waals surface area contributed by atoms with E-state index >= 15 is 0 Å². The van der Waals surface area contributed by atoms with Crippen LogP contribution in [0.4, 0.5) is 5.69 Å². The highest BCUT2D eigenvalue weighted by atomic mass is 32.2. The number of nitrogens with one attached hydrogen (secondary N) is 1. The molecule has 1 N–H and O–H groups in total. The normalized spacial score (nSPS) is 12.3. The molecule has 2 aromatic carbocycles. The molecule has 0 aliphatic rings. The molecule has 0 aromatic heterocycles. The molecule has 7 nitrogen and oxygen atoms in total. The number of benzene rings is 2. The van der Waals surface area contributed by atoms with Crippen LogP contribution in [0, 0.1) is 19.8 Å². The number of aryl methyl sites for hydroxylation is 1. The van der Waals surface area contributed by atoms with E-state index < -0.39 is 22.0 Å². The Morgan fingerprint density at radius 1 is 1.00 bits per heavy atom. The van der Waals surface area contributed by atoms with E-state index in [2.05, 4.69) is 5.32 Å². The van der Waals surface area contributed by atoms with E-state index in [4.69, 9.17) is 0 Å². The maximum Gasteiger partial charge on any atom is 0.244 e. The molecule has 0 saturated carbocycles. The van der Waals surface area contributed by atoms with Gasteiger partial charge in [0, 0.05) is 13.1 Å². The molecule has 2 aromatic rings. The Labute approximate surface area is 204 Å². The first-order chi connectivity index (χ1) is 16.0. The number of sulfonamides is 1. The summed E-state index contributed by atoms with van der Waals surface area (Å²) in [6.07, 6.45) is 1.50. The van der Waals surface area contributed by atoms with Gasteiger partial charge in [-0.15, -0.1) is 0 Å². The molecule has 0 spiro atoms. The van der Waals surface area contributed by atoms with E-state index in [1.807, 2.05) is 71.0 Å². The second-order valence-electron chi connectivity index (χ2n) is 9.06. The number of rotatable bonds is 11. The van der Waals surface area contributed by atoms with Crippen molar-refractivity contribution in [3.8, 4) is 0 Å². The van der Waals surface area contributed by atoms with Crippen molar-refractivity contribution in [2.75, 3.05) is 23.7 Å². The van der Waals surface area contributed by atoms with Gasteiger partial charge in [0.25, 0.3) is 0 Å². The van der Waals surface area contributed by atoms with Gasteiger partial charge in [0.1, 0.15) is 12.6 Å². The van der Waals surface area contributed by atoms with E-state index in [0.29, 0.717) is 18.7 Å². The fraction of sp³-hybridized carbons (Fsp3) is 0.462. The minimum atomic E-state index is -3.75. The van der Waals surface area contributed by atoms with Crippen LogP contribution in [0.2, 0.25) is 0 Å².